The van der Waals surface area contributed by atoms with Gasteiger partial charge in [-0.3, -0.25) is 4.98 Å². The van der Waals surface area contributed by atoms with E-state index >= 15 is 0 Å². The molecule has 6 rings (SSSR count). The molecule has 4 aromatic rings. The Morgan fingerprint density at radius 1 is 0.821 bits per heavy atom. The second-order valence-electron chi connectivity index (χ2n) is 10.6. The second kappa shape index (κ2) is 12.4. The minimum atomic E-state index is 0.164. The highest BCUT2D eigenvalue weighted by molar-refractivity contribution is 6.08. The van der Waals surface area contributed by atoms with Gasteiger partial charge < -0.3 is 28.8 Å². The molecule has 0 atom stereocenters. The van der Waals surface area contributed by atoms with Crippen molar-refractivity contribution in [1.82, 2.24) is 19.9 Å². The van der Waals surface area contributed by atoms with E-state index in [0.717, 1.165) is 62.9 Å². The Labute approximate surface area is 229 Å². The van der Waals surface area contributed by atoms with Gasteiger partial charge in [-0.2, -0.15) is 0 Å². The smallest absolute Gasteiger partial charge is 0.213 e. The summed E-state index contributed by atoms with van der Waals surface area (Å²) >= 11 is 0. The monoisotopic (exact) mass is 530 g/mol. The lowest BCUT2D eigenvalue weighted by molar-refractivity contribution is -0.0679. The van der Waals surface area contributed by atoms with Gasteiger partial charge in [-0.1, -0.05) is 12.1 Å². The van der Waals surface area contributed by atoms with Crippen molar-refractivity contribution in [3.8, 4) is 17.0 Å². The lowest BCUT2D eigenvalue weighted by Gasteiger charge is -2.34. The maximum absolute atomic E-state index is 6.08. The number of aromatic nitrogens is 3. The van der Waals surface area contributed by atoms with E-state index in [9.17, 15) is 0 Å². The summed E-state index contributed by atoms with van der Waals surface area (Å²) < 4.78 is 25.8. The summed E-state index contributed by atoms with van der Waals surface area (Å²) in [5.41, 5.74) is 4.58. The van der Waals surface area contributed by atoms with E-state index in [0.29, 0.717) is 31.8 Å². The summed E-state index contributed by atoms with van der Waals surface area (Å²) in [5, 5.41) is 5.74. The van der Waals surface area contributed by atoms with Gasteiger partial charge >= 0.3 is 0 Å². The highest BCUT2D eigenvalue weighted by Crippen LogP contribution is 2.32. The van der Waals surface area contributed by atoms with E-state index in [1.54, 1.807) is 0 Å². The molecule has 0 unspecified atom stereocenters. The van der Waals surface area contributed by atoms with Gasteiger partial charge in [0.15, 0.2) is 0 Å². The molecule has 0 amide bonds. The van der Waals surface area contributed by atoms with Crippen LogP contribution in [0.5, 0.6) is 5.88 Å². The number of fused-ring (bicyclic) bond motifs is 3. The number of hydrogen-bond acceptors (Lipinski definition) is 7. The highest BCUT2D eigenvalue weighted by atomic mass is 16.5. The summed E-state index contributed by atoms with van der Waals surface area (Å²) in [7, 11) is 2.10. The van der Waals surface area contributed by atoms with Gasteiger partial charge in [0.25, 0.3) is 0 Å². The Hall–Kier alpha value is -3.04. The second-order valence-corrected chi connectivity index (χ2v) is 10.6. The van der Waals surface area contributed by atoms with Crippen LogP contribution in [-0.2, 0) is 21.3 Å². The van der Waals surface area contributed by atoms with E-state index in [1.807, 2.05) is 24.7 Å². The van der Waals surface area contributed by atoms with Crippen molar-refractivity contribution in [3.05, 3.63) is 55.0 Å². The number of piperidine rings is 1. The first-order chi connectivity index (χ1) is 19.2. The largest absolute Gasteiger partial charge is 0.474 e. The third kappa shape index (κ3) is 6.25. The normalized spacial score (nSPS) is 19.9. The van der Waals surface area contributed by atoms with Crippen molar-refractivity contribution >= 4 is 21.8 Å². The van der Waals surface area contributed by atoms with E-state index in [4.69, 9.17) is 18.9 Å². The van der Waals surface area contributed by atoms with Crippen LogP contribution in [0.3, 0.4) is 0 Å². The first-order valence-corrected chi connectivity index (χ1v) is 14.2. The van der Waals surface area contributed by atoms with Crippen molar-refractivity contribution in [1.29, 1.82) is 0 Å². The lowest BCUT2D eigenvalue weighted by atomic mass is 9.92. The molecule has 2 aliphatic rings. The molecule has 206 valence electrons. The predicted molar refractivity (Wildman–Crippen MR) is 152 cm³/mol. The van der Waals surface area contributed by atoms with Crippen LogP contribution in [0, 0.1) is 0 Å². The molecule has 1 aliphatic carbocycles. The zero-order valence-corrected chi connectivity index (χ0v) is 22.7. The Bertz CT molecular complexity index is 1360. The molecule has 0 bridgehead atoms. The molecule has 8 heteroatoms. The molecule has 2 fully saturated rings. The molecular weight excluding hydrogens is 492 g/mol. The summed E-state index contributed by atoms with van der Waals surface area (Å²) in [4.78, 5) is 8.87. The van der Waals surface area contributed by atoms with Gasteiger partial charge in [-0.25, -0.2) is 4.98 Å². The van der Waals surface area contributed by atoms with E-state index in [2.05, 4.69) is 57.2 Å². The molecule has 0 spiro atoms. The van der Waals surface area contributed by atoms with Crippen molar-refractivity contribution in [2.24, 2.45) is 7.05 Å². The summed E-state index contributed by atoms with van der Waals surface area (Å²) in [6, 6.07) is 12.6. The molecule has 1 N–H and O–H groups in total. The first-order valence-electron chi connectivity index (χ1n) is 14.2. The number of aryl methyl sites for hydroxylation is 1. The maximum atomic E-state index is 6.08. The molecule has 1 saturated carbocycles. The van der Waals surface area contributed by atoms with Gasteiger partial charge in [0.05, 0.1) is 30.9 Å². The predicted octanol–water partition coefficient (Wildman–Crippen LogP) is 4.89. The fraction of sp³-hybridized carbons (Fsp3) is 0.484. The van der Waals surface area contributed by atoms with Gasteiger partial charge in [-0.15, -0.1) is 0 Å². The van der Waals surface area contributed by atoms with E-state index in [-0.39, 0.29) is 12.2 Å². The molecular formula is C31H38N4O4. The highest BCUT2D eigenvalue weighted by Gasteiger charge is 2.31. The average molecular weight is 531 g/mol. The molecule has 39 heavy (non-hydrogen) atoms. The summed E-state index contributed by atoms with van der Waals surface area (Å²) in [5.74, 6) is 0.666. The van der Waals surface area contributed by atoms with Crippen molar-refractivity contribution in [2.45, 2.75) is 50.4 Å². The summed E-state index contributed by atoms with van der Waals surface area (Å²) in [6.45, 7) is 4.88. The fourth-order valence-electron chi connectivity index (χ4n) is 5.52. The molecule has 4 heterocycles. The average Bonchev–Trinajstić information content (AvgIpc) is 3.25. The van der Waals surface area contributed by atoms with Gasteiger partial charge in [0, 0.05) is 79.6 Å². The van der Waals surface area contributed by atoms with Crippen LogP contribution >= 0.6 is 0 Å². The summed E-state index contributed by atoms with van der Waals surface area (Å²) in [6.07, 6.45) is 11.4. The maximum Gasteiger partial charge on any atom is 0.213 e. The van der Waals surface area contributed by atoms with Crippen molar-refractivity contribution in [3.63, 3.8) is 0 Å². The number of benzene rings is 1. The molecule has 3 aromatic heterocycles. The number of nitrogens with one attached hydrogen (secondary N) is 1. The SMILES string of the molecule is Cn1c2ccncc2c2ccc(-c3ccc(O[C@H]4C[C@H](OCCCOCCOC5CCNCC5)C4)nc3)cc21. The molecule has 0 radical (unpaired) electrons. The van der Waals surface area contributed by atoms with Gasteiger partial charge in [-0.05, 0) is 56.1 Å². The molecule has 8 nitrogen and oxygen atoms in total. The Morgan fingerprint density at radius 3 is 2.51 bits per heavy atom. The van der Waals surface area contributed by atoms with Crippen molar-refractivity contribution < 1.29 is 18.9 Å². The van der Waals surface area contributed by atoms with Crippen LogP contribution in [0.4, 0.5) is 0 Å². The zero-order valence-electron chi connectivity index (χ0n) is 22.7. The standard InChI is InChI=1S/C31H38N4O4/c1-35-29-9-12-33-21-28(29)27-5-3-22(17-30(27)35)23-4-6-31(34-20-23)39-26-18-25(19-26)37-14-2-13-36-15-16-38-24-7-10-32-11-8-24/h3-6,9,12,17,20-21,24-26,32H,2,7-8,10-11,13-16,18-19H2,1H3/t25-,26-. The Morgan fingerprint density at radius 2 is 1.67 bits per heavy atom. The van der Waals surface area contributed by atoms with E-state index in [1.165, 1.54) is 21.8 Å². The van der Waals surface area contributed by atoms with Crippen LogP contribution in [0.25, 0.3) is 32.9 Å². The third-order valence-electron chi connectivity index (χ3n) is 7.87. The quantitative estimate of drug-likeness (QED) is 0.261. The van der Waals surface area contributed by atoms with Crippen LogP contribution in [-0.4, -0.2) is 72.4 Å². The van der Waals surface area contributed by atoms with Crippen LogP contribution in [0.1, 0.15) is 32.1 Å². The van der Waals surface area contributed by atoms with Crippen LogP contribution in [0.2, 0.25) is 0 Å². The Kier molecular flexibility index (Phi) is 8.35. The molecule has 1 saturated heterocycles. The fourth-order valence-corrected chi connectivity index (χ4v) is 5.52. The van der Waals surface area contributed by atoms with E-state index < -0.39 is 0 Å². The molecule has 1 aliphatic heterocycles. The number of pyridine rings is 2. The van der Waals surface area contributed by atoms with Crippen LogP contribution < -0.4 is 10.1 Å². The third-order valence-corrected chi connectivity index (χ3v) is 7.87. The number of rotatable bonds is 12. The van der Waals surface area contributed by atoms with Gasteiger partial charge in [0.2, 0.25) is 5.88 Å². The molecule has 1 aromatic carbocycles. The van der Waals surface area contributed by atoms with Crippen LogP contribution in [0.15, 0.2) is 55.0 Å². The topological polar surface area (TPSA) is 79.7 Å². The first kappa shape index (κ1) is 26.2. The lowest BCUT2D eigenvalue weighted by Crippen LogP contribution is -2.39. The number of ether oxygens (including phenoxy) is 4. The Balaban J connectivity index is 0.892. The zero-order chi connectivity index (χ0) is 26.4. The number of hydrogen-bond donors (Lipinski definition) is 1. The van der Waals surface area contributed by atoms with Gasteiger partial charge in [0.1, 0.15) is 6.10 Å². The minimum absolute atomic E-state index is 0.164. The van der Waals surface area contributed by atoms with Crippen molar-refractivity contribution in [2.75, 3.05) is 39.5 Å². The minimum Gasteiger partial charge on any atom is -0.474 e. The number of nitrogens with zero attached hydrogens (tertiary/aromatic N) is 3.